The molecule has 0 atom stereocenters. The Morgan fingerprint density at radius 1 is 1.26 bits per heavy atom. The highest BCUT2D eigenvalue weighted by atomic mass is 32.1. The number of halogens is 3. The first-order chi connectivity index (χ1) is 10.6. The van der Waals surface area contributed by atoms with Gasteiger partial charge in [0, 0.05) is 11.6 Å². The van der Waals surface area contributed by atoms with Crippen LogP contribution in [0.5, 0.6) is 0 Å². The number of amides is 1. The first kappa shape index (κ1) is 17.3. The van der Waals surface area contributed by atoms with Gasteiger partial charge < -0.3 is 4.74 Å². The molecule has 0 aliphatic heterocycles. The number of alkyl halides is 3. The fraction of sp³-hybridized carbons (Fsp3) is 0.333. The summed E-state index contributed by atoms with van der Waals surface area (Å²) in [5.41, 5.74) is -1.59. The van der Waals surface area contributed by atoms with Gasteiger partial charge in [-0.15, -0.1) is 11.3 Å². The van der Waals surface area contributed by atoms with Gasteiger partial charge in [-0.25, -0.2) is 14.7 Å². The summed E-state index contributed by atoms with van der Waals surface area (Å²) in [6, 6.07) is 4.48. The predicted octanol–water partition coefficient (Wildman–Crippen LogP) is 5.24. The smallest absolute Gasteiger partial charge is 0.421 e. The van der Waals surface area contributed by atoms with Gasteiger partial charge in [-0.05, 0) is 39.0 Å². The average Bonchev–Trinajstić information content (AvgIpc) is 2.90. The Hall–Kier alpha value is -2.09. The minimum Gasteiger partial charge on any atom is -0.443 e. The molecule has 0 radical (unpaired) electrons. The summed E-state index contributed by atoms with van der Waals surface area (Å²) in [5, 5.41) is 1.86. The second-order valence-electron chi connectivity index (χ2n) is 5.68. The lowest BCUT2D eigenvalue weighted by atomic mass is 10.2. The third-order valence-corrected chi connectivity index (χ3v) is 3.37. The van der Waals surface area contributed by atoms with Crippen molar-refractivity contribution in [3.05, 3.63) is 41.4 Å². The molecule has 0 saturated carbocycles. The summed E-state index contributed by atoms with van der Waals surface area (Å²) < 4.78 is 44.0. The molecule has 0 aliphatic rings. The van der Waals surface area contributed by atoms with Crippen molar-refractivity contribution in [2.45, 2.75) is 32.5 Å². The number of aromatic nitrogens is 1. The number of carbonyl (C=O) groups excluding carboxylic acids is 1. The van der Waals surface area contributed by atoms with Gasteiger partial charge in [-0.2, -0.15) is 13.2 Å². The van der Waals surface area contributed by atoms with Crippen LogP contribution >= 0.6 is 11.3 Å². The van der Waals surface area contributed by atoms with E-state index in [0.29, 0.717) is 0 Å². The van der Waals surface area contributed by atoms with Crippen molar-refractivity contribution in [1.29, 1.82) is 0 Å². The standard InChI is InChI=1S/C15H15F3N2O2S/c1-14(2,3)22-13(21)20(12-19-7-8-23-12)11-6-4-5-10(9-11)15(16,17)18/h4-9H,1-3H3. The van der Waals surface area contributed by atoms with Crippen LogP contribution in [0.15, 0.2) is 35.8 Å². The molecule has 2 aromatic rings. The van der Waals surface area contributed by atoms with E-state index in [-0.39, 0.29) is 10.8 Å². The fourth-order valence-corrected chi connectivity index (χ4v) is 2.40. The first-order valence-corrected chi connectivity index (χ1v) is 7.56. The molecule has 0 saturated heterocycles. The summed E-state index contributed by atoms with van der Waals surface area (Å²) >= 11 is 1.13. The van der Waals surface area contributed by atoms with E-state index in [1.807, 2.05) is 0 Å². The van der Waals surface area contributed by atoms with E-state index >= 15 is 0 Å². The number of nitrogens with zero attached hydrogens (tertiary/aromatic N) is 2. The van der Waals surface area contributed by atoms with E-state index < -0.39 is 23.4 Å². The van der Waals surface area contributed by atoms with Crippen molar-refractivity contribution in [1.82, 2.24) is 4.98 Å². The number of thiazole rings is 1. The zero-order valence-electron chi connectivity index (χ0n) is 12.7. The normalized spacial score (nSPS) is 12.1. The van der Waals surface area contributed by atoms with Crippen molar-refractivity contribution < 1.29 is 22.7 Å². The van der Waals surface area contributed by atoms with Crippen molar-refractivity contribution in [3.63, 3.8) is 0 Å². The molecule has 0 unspecified atom stereocenters. The molecule has 0 fully saturated rings. The predicted molar refractivity (Wildman–Crippen MR) is 81.9 cm³/mol. The zero-order valence-corrected chi connectivity index (χ0v) is 13.5. The maximum absolute atomic E-state index is 12.9. The highest BCUT2D eigenvalue weighted by Crippen LogP contribution is 2.35. The van der Waals surface area contributed by atoms with Crippen LogP contribution in [-0.4, -0.2) is 16.7 Å². The number of ether oxygens (including phenoxy) is 1. The molecule has 2 rings (SSSR count). The molecule has 1 heterocycles. The van der Waals surface area contributed by atoms with E-state index in [0.717, 1.165) is 28.4 Å². The number of hydrogen-bond donors (Lipinski definition) is 0. The second-order valence-corrected chi connectivity index (χ2v) is 6.55. The Labute approximate surface area is 135 Å². The van der Waals surface area contributed by atoms with Gasteiger partial charge >= 0.3 is 12.3 Å². The van der Waals surface area contributed by atoms with Gasteiger partial charge in [0.1, 0.15) is 5.60 Å². The molecule has 23 heavy (non-hydrogen) atoms. The van der Waals surface area contributed by atoms with Crippen LogP contribution in [0.2, 0.25) is 0 Å². The van der Waals surface area contributed by atoms with E-state index in [1.54, 1.807) is 26.2 Å². The van der Waals surface area contributed by atoms with Gasteiger partial charge in [-0.1, -0.05) is 6.07 Å². The van der Waals surface area contributed by atoms with Gasteiger partial charge in [0.25, 0.3) is 0 Å². The first-order valence-electron chi connectivity index (χ1n) is 6.68. The fourth-order valence-electron chi connectivity index (χ4n) is 1.75. The van der Waals surface area contributed by atoms with Crippen LogP contribution in [-0.2, 0) is 10.9 Å². The molecule has 0 N–H and O–H groups in total. The van der Waals surface area contributed by atoms with Gasteiger partial charge in [0.2, 0.25) is 0 Å². The number of hydrogen-bond acceptors (Lipinski definition) is 4. The second kappa shape index (κ2) is 6.19. The van der Waals surface area contributed by atoms with Crippen LogP contribution in [0, 0.1) is 0 Å². The van der Waals surface area contributed by atoms with Gasteiger partial charge in [0.15, 0.2) is 5.13 Å². The summed E-state index contributed by atoms with van der Waals surface area (Å²) in [5.74, 6) is 0. The van der Waals surface area contributed by atoms with Crippen LogP contribution in [0.3, 0.4) is 0 Å². The van der Waals surface area contributed by atoms with E-state index in [9.17, 15) is 18.0 Å². The highest BCUT2D eigenvalue weighted by molar-refractivity contribution is 7.13. The Bertz CT molecular complexity index is 679. The van der Waals surface area contributed by atoms with Crippen molar-refractivity contribution in [3.8, 4) is 0 Å². The summed E-state index contributed by atoms with van der Waals surface area (Å²) in [6.07, 6.45) is -3.82. The molecular formula is C15H15F3N2O2S. The average molecular weight is 344 g/mol. The maximum atomic E-state index is 12.9. The molecule has 1 aromatic carbocycles. The molecule has 0 aliphatic carbocycles. The summed E-state index contributed by atoms with van der Waals surface area (Å²) in [4.78, 5) is 17.4. The third-order valence-electron chi connectivity index (χ3n) is 2.62. The minimum absolute atomic E-state index is 0.0454. The van der Waals surface area contributed by atoms with Gasteiger partial charge in [0.05, 0.1) is 11.3 Å². The van der Waals surface area contributed by atoms with E-state index in [4.69, 9.17) is 4.74 Å². The Morgan fingerprint density at radius 2 is 1.96 bits per heavy atom. The third kappa shape index (κ3) is 4.44. The Balaban J connectivity index is 2.45. The molecule has 0 bridgehead atoms. The van der Waals surface area contributed by atoms with Gasteiger partial charge in [-0.3, -0.25) is 0 Å². The molecular weight excluding hydrogens is 329 g/mol. The van der Waals surface area contributed by atoms with E-state index in [1.165, 1.54) is 18.3 Å². The Morgan fingerprint density at radius 3 is 2.48 bits per heavy atom. The molecule has 124 valence electrons. The van der Waals surface area contributed by atoms with Crippen LogP contribution in [0.4, 0.5) is 28.8 Å². The van der Waals surface area contributed by atoms with Crippen LogP contribution in [0.1, 0.15) is 26.3 Å². The van der Waals surface area contributed by atoms with Crippen LogP contribution in [0.25, 0.3) is 0 Å². The summed E-state index contributed by atoms with van der Waals surface area (Å²) in [7, 11) is 0. The number of rotatable bonds is 2. The topological polar surface area (TPSA) is 42.4 Å². The molecule has 4 nitrogen and oxygen atoms in total. The summed E-state index contributed by atoms with van der Waals surface area (Å²) in [6.45, 7) is 5.03. The number of carbonyl (C=O) groups is 1. The van der Waals surface area contributed by atoms with Crippen molar-refractivity contribution in [2.75, 3.05) is 4.90 Å². The lowest BCUT2D eigenvalue weighted by molar-refractivity contribution is -0.137. The lowest BCUT2D eigenvalue weighted by Crippen LogP contribution is -2.34. The molecule has 0 spiro atoms. The monoisotopic (exact) mass is 344 g/mol. The minimum atomic E-state index is -4.50. The largest absolute Gasteiger partial charge is 0.443 e. The number of anilines is 2. The number of benzene rings is 1. The molecule has 1 amide bonds. The Kier molecular flexibility index (Phi) is 4.65. The highest BCUT2D eigenvalue weighted by Gasteiger charge is 2.33. The quantitative estimate of drug-likeness (QED) is 0.749. The molecule has 8 heteroatoms. The SMILES string of the molecule is CC(C)(C)OC(=O)N(c1cccc(C(F)(F)F)c1)c1nccs1. The zero-order chi connectivity index (χ0) is 17.3. The van der Waals surface area contributed by atoms with Crippen molar-refractivity contribution in [2.24, 2.45) is 0 Å². The lowest BCUT2D eigenvalue weighted by Gasteiger charge is -2.26. The van der Waals surface area contributed by atoms with Crippen LogP contribution < -0.4 is 4.90 Å². The molecule has 1 aromatic heterocycles. The maximum Gasteiger partial charge on any atom is 0.421 e. The van der Waals surface area contributed by atoms with E-state index in [2.05, 4.69) is 4.98 Å². The van der Waals surface area contributed by atoms with Crippen molar-refractivity contribution >= 4 is 28.2 Å².